The average Bonchev–Trinajstić information content (AvgIpc) is 2.55. The van der Waals surface area contributed by atoms with Crippen LogP contribution in [0, 0.1) is 6.92 Å². The van der Waals surface area contributed by atoms with E-state index in [1.807, 2.05) is 12.1 Å². The molecule has 3 rings (SSSR count). The maximum Gasteiger partial charge on any atom is 0.128 e. The Labute approximate surface area is 131 Å². The molecule has 2 heterocycles. The summed E-state index contributed by atoms with van der Waals surface area (Å²) in [5.41, 5.74) is 3.57. The molecule has 2 aromatic rings. The third-order valence-corrected chi connectivity index (χ3v) is 4.17. The van der Waals surface area contributed by atoms with Crippen molar-refractivity contribution >= 4 is 23.1 Å². The molecule has 0 saturated carbocycles. The predicted molar refractivity (Wildman–Crippen MR) is 89.4 cm³/mol. The number of rotatable bonds is 3. The number of aromatic nitrogens is 1. The van der Waals surface area contributed by atoms with Gasteiger partial charge in [0.25, 0.3) is 0 Å². The van der Waals surface area contributed by atoms with Gasteiger partial charge in [0.15, 0.2) is 0 Å². The molecule has 1 aliphatic heterocycles. The number of aryl methyl sites for hydroxylation is 1. The molecule has 0 N–H and O–H groups in total. The van der Waals surface area contributed by atoms with E-state index < -0.39 is 0 Å². The Morgan fingerprint density at radius 1 is 1.00 bits per heavy atom. The molecule has 4 heteroatoms. The minimum absolute atomic E-state index is 0.469. The number of anilines is 2. The van der Waals surface area contributed by atoms with Crippen LogP contribution in [0.1, 0.15) is 11.3 Å². The van der Waals surface area contributed by atoms with Crippen LogP contribution in [0.5, 0.6) is 0 Å². The van der Waals surface area contributed by atoms with Crippen molar-refractivity contribution in [2.24, 2.45) is 0 Å². The van der Waals surface area contributed by atoms with Gasteiger partial charge in [0, 0.05) is 31.9 Å². The average molecular weight is 302 g/mol. The Hall–Kier alpha value is -1.74. The number of alkyl halides is 1. The fourth-order valence-electron chi connectivity index (χ4n) is 2.74. The smallest absolute Gasteiger partial charge is 0.128 e. The molecule has 0 atom stereocenters. The van der Waals surface area contributed by atoms with E-state index >= 15 is 0 Å². The molecule has 0 aliphatic carbocycles. The van der Waals surface area contributed by atoms with Gasteiger partial charge in [-0.25, -0.2) is 4.98 Å². The predicted octanol–water partition coefficient (Wildman–Crippen LogP) is 3.46. The molecular weight excluding hydrogens is 282 g/mol. The minimum Gasteiger partial charge on any atom is -0.368 e. The van der Waals surface area contributed by atoms with E-state index in [2.05, 4.69) is 52.0 Å². The van der Waals surface area contributed by atoms with Gasteiger partial charge in [-0.2, -0.15) is 0 Å². The van der Waals surface area contributed by atoms with Gasteiger partial charge in [-0.15, -0.1) is 11.6 Å². The van der Waals surface area contributed by atoms with E-state index in [0.717, 1.165) is 37.7 Å². The Morgan fingerprint density at radius 2 is 1.71 bits per heavy atom. The molecule has 1 aromatic carbocycles. The number of halogens is 1. The molecule has 1 saturated heterocycles. The van der Waals surface area contributed by atoms with E-state index in [1.165, 1.54) is 11.3 Å². The lowest BCUT2D eigenvalue weighted by molar-refractivity contribution is 0.646. The zero-order valence-corrected chi connectivity index (χ0v) is 13.1. The molecule has 0 amide bonds. The highest BCUT2D eigenvalue weighted by molar-refractivity contribution is 6.16. The first-order chi connectivity index (χ1) is 10.3. The van der Waals surface area contributed by atoms with E-state index in [-0.39, 0.29) is 0 Å². The van der Waals surface area contributed by atoms with E-state index in [1.54, 1.807) is 0 Å². The quantitative estimate of drug-likeness (QED) is 0.810. The van der Waals surface area contributed by atoms with Crippen molar-refractivity contribution in [1.82, 2.24) is 4.98 Å². The molecule has 0 unspecified atom stereocenters. The Morgan fingerprint density at radius 3 is 2.43 bits per heavy atom. The van der Waals surface area contributed by atoms with Crippen LogP contribution >= 0.6 is 11.6 Å². The molecular formula is C17H20ClN3. The number of piperazine rings is 1. The lowest BCUT2D eigenvalue weighted by Crippen LogP contribution is -2.46. The first-order valence-electron chi connectivity index (χ1n) is 7.35. The SMILES string of the molecule is Cc1cccc(N2CCN(c3cccc(CCl)n3)CC2)c1. The first-order valence-corrected chi connectivity index (χ1v) is 7.88. The van der Waals surface area contributed by atoms with E-state index in [9.17, 15) is 0 Å². The molecule has 110 valence electrons. The maximum atomic E-state index is 5.87. The number of hydrogen-bond acceptors (Lipinski definition) is 3. The summed E-state index contributed by atoms with van der Waals surface area (Å²) >= 11 is 5.87. The van der Waals surface area contributed by atoms with Crippen LogP contribution in [0.25, 0.3) is 0 Å². The zero-order chi connectivity index (χ0) is 14.7. The largest absolute Gasteiger partial charge is 0.368 e. The summed E-state index contributed by atoms with van der Waals surface area (Å²) in [6, 6.07) is 14.8. The second kappa shape index (κ2) is 6.35. The van der Waals surface area contributed by atoms with Gasteiger partial charge < -0.3 is 9.80 Å². The van der Waals surface area contributed by atoms with Gasteiger partial charge >= 0.3 is 0 Å². The van der Waals surface area contributed by atoms with Crippen molar-refractivity contribution in [3.05, 3.63) is 53.7 Å². The Kier molecular flexibility index (Phi) is 4.30. The van der Waals surface area contributed by atoms with Crippen LogP contribution in [0.2, 0.25) is 0 Å². The second-order valence-electron chi connectivity index (χ2n) is 5.43. The van der Waals surface area contributed by atoms with Gasteiger partial charge in [0.1, 0.15) is 5.82 Å². The summed E-state index contributed by atoms with van der Waals surface area (Å²) in [6.07, 6.45) is 0. The summed E-state index contributed by atoms with van der Waals surface area (Å²) in [5.74, 6) is 1.51. The monoisotopic (exact) mass is 301 g/mol. The number of pyridine rings is 1. The second-order valence-corrected chi connectivity index (χ2v) is 5.70. The molecule has 3 nitrogen and oxygen atoms in total. The van der Waals surface area contributed by atoms with E-state index in [0.29, 0.717) is 5.88 Å². The van der Waals surface area contributed by atoms with Gasteiger partial charge in [-0.05, 0) is 36.8 Å². The highest BCUT2D eigenvalue weighted by Crippen LogP contribution is 2.20. The molecule has 0 bridgehead atoms. The fourth-order valence-corrected chi connectivity index (χ4v) is 2.88. The zero-order valence-electron chi connectivity index (χ0n) is 12.3. The van der Waals surface area contributed by atoms with Gasteiger partial charge in [0.2, 0.25) is 0 Å². The topological polar surface area (TPSA) is 19.4 Å². The van der Waals surface area contributed by atoms with E-state index in [4.69, 9.17) is 11.6 Å². The summed E-state index contributed by atoms with van der Waals surface area (Å²) in [4.78, 5) is 9.38. The lowest BCUT2D eigenvalue weighted by Gasteiger charge is -2.37. The van der Waals surface area contributed by atoms with Crippen molar-refractivity contribution in [2.75, 3.05) is 36.0 Å². The summed E-state index contributed by atoms with van der Waals surface area (Å²) < 4.78 is 0. The van der Waals surface area contributed by atoms with Crippen molar-refractivity contribution in [1.29, 1.82) is 0 Å². The van der Waals surface area contributed by atoms with Crippen molar-refractivity contribution in [3.63, 3.8) is 0 Å². The number of benzene rings is 1. The number of nitrogens with zero attached hydrogens (tertiary/aromatic N) is 3. The normalized spacial score (nSPS) is 15.3. The molecule has 1 aromatic heterocycles. The molecule has 1 aliphatic rings. The third kappa shape index (κ3) is 3.30. The standard InChI is InChI=1S/C17H20ClN3/c1-14-4-2-6-16(12-14)20-8-10-21(11-9-20)17-7-3-5-15(13-18)19-17/h2-7,12H,8-11,13H2,1H3. The highest BCUT2D eigenvalue weighted by atomic mass is 35.5. The third-order valence-electron chi connectivity index (χ3n) is 3.90. The van der Waals surface area contributed by atoms with Gasteiger partial charge in [-0.1, -0.05) is 18.2 Å². The van der Waals surface area contributed by atoms with Gasteiger partial charge in [-0.3, -0.25) is 0 Å². The molecule has 0 spiro atoms. The van der Waals surface area contributed by atoms with Crippen LogP contribution in [0.4, 0.5) is 11.5 Å². The van der Waals surface area contributed by atoms with Crippen molar-refractivity contribution in [3.8, 4) is 0 Å². The van der Waals surface area contributed by atoms with Crippen LogP contribution < -0.4 is 9.80 Å². The summed E-state index contributed by atoms with van der Waals surface area (Å²) in [7, 11) is 0. The summed E-state index contributed by atoms with van der Waals surface area (Å²) in [5, 5.41) is 0. The van der Waals surface area contributed by atoms with Gasteiger partial charge in [0.05, 0.1) is 11.6 Å². The van der Waals surface area contributed by atoms with Crippen LogP contribution in [0.15, 0.2) is 42.5 Å². The summed E-state index contributed by atoms with van der Waals surface area (Å²) in [6.45, 7) is 6.17. The molecule has 0 radical (unpaired) electrons. The first kappa shape index (κ1) is 14.2. The molecule has 1 fully saturated rings. The fraction of sp³-hybridized carbons (Fsp3) is 0.353. The Bertz CT molecular complexity index is 606. The highest BCUT2D eigenvalue weighted by Gasteiger charge is 2.18. The number of hydrogen-bond donors (Lipinski definition) is 0. The lowest BCUT2D eigenvalue weighted by atomic mass is 10.2. The Balaban J connectivity index is 1.67. The van der Waals surface area contributed by atoms with Crippen LogP contribution in [-0.4, -0.2) is 31.2 Å². The van der Waals surface area contributed by atoms with Crippen molar-refractivity contribution < 1.29 is 0 Å². The minimum atomic E-state index is 0.469. The van der Waals surface area contributed by atoms with Crippen LogP contribution in [0.3, 0.4) is 0 Å². The van der Waals surface area contributed by atoms with Crippen molar-refractivity contribution in [2.45, 2.75) is 12.8 Å². The maximum absolute atomic E-state index is 5.87. The van der Waals surface area contributed by atoms with Crippen LogP contribution in [-0.2, 0) is 5.88 Å². The molecule has 21 heavy (non-hydrogen) atoms.